The zero-order valence-corrected chi connectivity index (χ0v) is 34.3. The molecule has 15 heteroatoms. The van der Waals surface area contributed by atoms with Crippen LogP contribution in [0.4, 0.5) is 9.59 Å². The van der Waals surface area contributed by atoms with Crippen LogP contribution in [0.15, 0.2) is 24.3 Å². The molecule has 0 aromatic heterocycles. The number of benzene rings is 1. The Morgan fingerprint density at radius 1 is 1.00 bits per heavy atom. The van der Waals surface area contributed by atoms with Gasteiger partial charge < -0.3 is 39.1 Å². The summed E-state index contributed by atoms with van der Waals surface area (Å²) in [6.45, 7) is 18.8. The van der Waals surface area contributed by atoms with E-state index in [-0.39, 0.29) is 37.0 Å². The standard InChI is InChI=1S/C41H62BN5O9/c1-8-11-33(42-55-32-21-28-20-31(40(28,5)6)41(32,7)56-42)43-35(48)30-22-29(54-38(51)46-23-26-12-9-10-13-27(26)24-46)25-47(30)36(49)34(39(2,3)4)44-37(50)53-19-16-45-14-17-52-18-15-45/h9-10,12-13,28-34H,8,11,14-25H2,1-7H3,(H,43,48)(H,44,50)/t28-,29-,30+,31-,32-,33+,34-,41+/m1/s1. The van der Waals surface area contributed by atoms with Crippen molar-refractivity contribution in [3.05, 3.63) is 35.4 Å². The Morgan fingerprint density at radius 3 is 2.34 bits per heavy atom. The number of nitrogens with zero attached hydrogens (tertiary/aromatic N) is 3. The maximum absolute atomic E-state index is 14.6. The summed E-state index contributed by atoms with van der Waals surface area (Å²) < 4.78 is 30.4. The molecule has 4 aliphatic heterocycles. The molecule has 3 aliphatic carbocycles. The van der Waals surface area contributed by atoms with Gasteiger partial charge in [0.05, 0.1) is 37.4 Å². The minimum absolute atomic E-state index is 0.00302. The molecule has 2 N–H and O–H groups in total. The van der Waals surface area contributed by atoms with E-state index in [1.807, 2.05) is 45.0 Å². The summed E-state index contributed by atoms with van der Waals surface area (Å²) in [5.74, 6) is -0.311. The second kappa shape index (κ2) is 16.1. The van der Waals surface area contributed by atoms with Crippen LogP contribution in [-0.4, -0.2) is 128 Å². The Bertz CT molecular complexity index is 1610. The maximum Gasteiger partial charge on any atom is 0.481 e. The Hall–Kier alpha value is -3.40. The van der Waals surface area contributed by atoms with Gasteiger partial charge in [-0.15, -0.1) is 0 Å². The number of hydrogen-bond donors (Lipinski definition) is 2. The number of alkyl carbamates (subject to hydrolysis) is 1. The molecule has 308 valence electrons. The highest BCUT2D eigenvalue weighted by atomic mass is 16.7. The van der Waals surface area contributed by atoms with Crippen LogP contribution in [0, 0.1) is 22.7 Å². The van der Waals surface area contributed by atoms with Gasteiger partial charge in [-0.3, -0.25) is 19.4 Å². The van der Waals surface area contributed by atoms with Gasteiger partial charge in [-0.1, -0.05) is 72.2 Å². The molecule has 8 rings (SSSR count). The van der Waals surface area contributed by atoms with Crippen LogP contribution >= 0.6 is 0 Å². The summed E-state index contributed by atoms with van der Waals surface area (Å²) >= 11 is 0. The normalized spacial score (nSPS) is 30.5. The van der Waals surface area contributed by atoms with Gasteiger partial charge in [0.25, 0.3) is 0 Å². The van der Waals surface area contributed by atoms with Gasteiger partial charge in [0.1, 0.15) is 24.8 Å². The molecule has 4 amide bonds. The second-order valence-corrected chi connectivity index (χ2v) is 18.6. The fourth-order valence-electron chi connectivity index (χ4n) is 10.1. The molecule has 6 fully saturated rings. The fourth-order valence-corrected chi connectivity index (χ4v) is 10.1. The van der Waals surface area contributed by atoms with Crippen LogP contribution in [0.5, 0.6) is 0 Å². The van der Waals surface area contributed by atoms with Gasteiger partial charge in [-0.25, -0.2) is 9.59 Å². The van der Waals surface area contributed by atoms with Gasteiger partial charge in [-0.05, 0) is 60.0 Å². The molecule has 7 aliphatic rings. The van der Waals surface area contributed by atoms with E-state index in [0.29, 0.717) is 51.1 Å². The lowest BCUT2D eigenvalue weighted by Gasteiger charge is -2.64. The summed E-state index contributed by atoms with van der Waals surface area (Å²) in [5, 5.41) is 6.03. The molecule has 14 nitrogen and oxygen atoms in total. The summed E-state index contributed by atoms with van der Waals surface area (Å²) in [4.78, 5) is 61.1. The van der Waals surface area contributed by atoms with E-state index in [4.69, 9.17) is 23.5 Å². The van der Waals surface area contributed by atoms with Crippen molar-refractivity contribution in [2.45, 2.75) is 129 Å². The molecule has 1 aromatic rings. The lowest BCUT2D eigenvalue weighted by Crippen LogP contribution is -2.65. The number of carbonyl (C=O) groups excluding carboxylic acids is 4. The number of nitrogens with one attached hydrogen (secondary N) is 2. The second-order valence-electron chi connectivity index (χ2n) is 18.6. The Morgan fingerprint density at radius 2 is 1.70 bits per heavy atom. The van der Waals surface area contributed by atoms with Crippen LogP contribution in [0.2, 0.25) is 0 Å². The van der Waals surface area contributed by atoms with Crippen LogP contribution in [0.1, 0.15) is 91.7 Å². The smallest absolute Gasteiger partial charge is 0.448 e. The number of likely N-dealkylation sites (tertiary alicyclic amines) is 1. The number of ether oxygens (including phenoxy) is 3. The zero-order valence-electron chi connectivity index (χ0n) is 34.3. The van der Waals surface area contributed by atoms with Crippen molar-refractivity contribution in [3.8, 4) is 0 Å². The van der Waals surface area contributed by atoms with E-state index in [9.17, 15) is 19.2 Å². The van der Waals surface area contributed by atoms with E-state index >= 15 is 0 Å². The van der Waals surface area contributed by atoms with Crippen molar-refractivity contribution in [2.75, 3.05) is 46.0 Å². The van der Waals surface area contributed by atoms with Crippen molar-refractivity contribution in [3.63, 3.8) is 0 Å². The van der Waals surface area contributed by atoms with Crippen LogP contribution in [0.3, 0.4) is 0 Å². The number of fused-ring (bicyclic) bond motifs is 1. The number of rotatable bonds is 11. The predicted molar refractivity (Wildman–Crippen MR) is 208 cm³/mol. The third-order valence-electron chi connectivity index (χ3n) is 13.6. The first-order valence-electron chi connectivity index (χ1n) is 20.8. The monoisotopic (exact) mass is 779 g/mol. The van der Waals surface area contributed by atoms with E-state index in [1.54, 1.807) is 4.90 Å². The maximum atomic E-state index is 14.6. The minimum Gasteiger partial charge on any atom is -0.448 e. The molecule has 2 bridgehead atoms. The first-order valence-corrected chi connectivity index (χ1v) is 20.8. The highest BCUT2D eigenvalue weighted by Gasteiger charge is 2.68. The summed E-state index contributed by atoms with van der Waals surface area (Å²) in [6, 6.07) is 5.89. The first kappa shape index (κ1) is 40.8. The van der Waals surface area contributed by atoms with E-state index in [2.05, 4.69) is 43.2 Å². The molecule has 4 heterocycles. The molecule has 3 saturated heterocycles. The first-order chi connectivity index (χ1) is 26.6. The topological polar surface area (TPSA) is 148 Å². The van der Waals surface area contributed by atoms with E-state index in [0.717, 1.165) is 43.5 Å². The van der Waals surface area contributed by atoms with Crippen LogP contribution in [0.25, 0.3) is 0 Å². The van der Waals surface area contributed by atoms with E-state index < -0.39 is 60.4 Å². The van der Waals surface area contributed by atoms with Gasteiger partial charge >= 0.3 is 19.3 Å². The van der Waals surface area contributed by atoms with Gasteiger partial charge in [0, 0.05) is 39.1 Å². The highest BCUT2D eigenvalue weighted by Crippen LogP contribution is 2.65. The SMILES string of the molecule is CCC[C@H](NC(=O)[C@@H]1C[C@@H](OC(=O)N2Cc3ccccc3C2)CN1C(=O)[C@@H](NC(=O)OCCN1CCOCC1)C(C)(C)C)B1O[C@@H]2C[C@H]3C[C@H](C3(C)C)[C@]2(C)O1. The predicted octanol–water partition coefficient (Wildman–Crippen LogP) is 4.13. The van der Waals surface area contributed by atoms with Crippen molar-refractivity contribution >= 4 is 31.1 Å². The third-order valence-corrected chi connectivity index (χ3v) is 13.6. The summed E-state index contributed by atoms with van der Waals surface area (Å²) in [5.41, 5.74) is 1.12. The number of carbonyl (C=O) groups is 4. The molecule has 0 radical (unpaired) electrons. The number of amides is 4. The van der Waals surface area contributed by atoms with Gasteiger partial charge in [0.2, 0.25) is 11.8 Å². The zero-order chi connectivity index (χ0) is 40.0. The van der Waals surface area contributed by atoms with Crippen LogP contribution < -0.4 is 10.6 Å². The average molecular weight is 780 g/mol. The fraction of sp³-hybridized carbons (Fsp3) is 0.756. The highest BCUT2D eigenvalue weighted by molar-refractivity contribution is 6.48. The molecule has 1 aromatic carbocycles. The Balaban J connectivity index is 1.06. The molecular weight excluding hydrogens is 717 g/mol. The molecule has 8 atom stereocenters. The Labute approximate surface area is 332 Å². The number of hydrogen-bond acceptors (Lipinski definition) is 10. The van der Waals surface area contributed by atoms with Crippen LogP contribution in [-0.2, 0) is 46.2 Å². The molecular formula is C41H62BN5O9. The average Bonchev–Trinajstić information content (AvgIpc) is 3.88. The minimum atomic E-state index is -1.03. The molecule has 0 spiro atoms. The third kappa shape index (κ3) is 8.15. The summed E-state index contributed by atoms with van der Waals surface area (Å²) in [6.07, 6.45) is 1.56. The van der Waals surface area contributed by atoms with Crippen molar-refractivity contribution in [1.29, 1.82) is 0 Å². The van der Waals surface area contributed by atoms with Crippen molar-refractivity contribution in [1.82, 2.24) is 25.3 Å². The molecule has 0 unspecified atom stereocenters. The molecule has 56 heavy (non-hydrogen) atoms. The van der Waals surface area contributed by atoms with Gasteiger partial charge in [0.15, 0.2) is 0 Å². The lowest BCUT2D eigenvalue weighted by atomic mass is 9.43. The van der Waals surface area contributed by atoms with E-state index in [1.165, 1.54) is 4.90 Å². The molecule has 3 saturated carbocycles. The lowest BCUT2D eigenvalue weighted by molar-refractivity contribution is -0.199. The van der Waals surface area contributed by atoms with Crippen molar-refractivity contribution in [2.24, 2.45) is 22.7 Å². The Kier molecular flexibility index (Phi) is 11.7. The van der Waals surface area contributed by atoms with Gasteiger partial charge in [-0.2, -0.15) is 0 Å². The van der Waals surface area contributed by atoms with Crippen molar-refractivity contribution < 1.29 is 42.7 Å². The largest absolute Gasteiger partial charge is 0.481 e. The number of morpholine rings is 1. The quantitative estimate of drug-likeness (QED) is 0.315. The summed E-state index contributed by atoms with van der Waals surface area (Å²) in [7, 11) is -0.628.